The number of hydrogen-bond acceptors (Lipinski definition) is 1. The molecule has 2 atom stereocenters. The monoisotopic (exact) mass is 283 g/mol. The Kier molecular flexibility index (Phi) is 6.97. The molecular weight excluding hydrogens is 265 g/mol. The van der Waals surface area contributed by atoms with Gasteiger partial charge in [-0.25, -0.2) is 4.21 Å². The van der Waals surface area contributed by atoms with Crippen LogP contribution in [0.1, 0.15) is 45.4 Å². The van der Waals surface area contributed by atoms with E-state index in [1.807, 2.05) is 0 Å². The molecule has 0 fully saturated rings. The highest BCUT2D eigenvalue weighted by Crippen LogP contribution is 2.28. The van der Waals surface area contributed by atoms with Crippen molar-refractivity contribution in [1.82, 2.24) is 4.31 Å². The van der Waals surface area contributed by atoms with Gasteiger partial charge < -0.3 is 0 Å². The van der Waals surface area contributed by atoms with Gasteiger partial charge in [0.05, 0.1) is 5.03 Å². The van der Waals surface area contributed by atoms with Crippen LogP contribution in [0.15, 0.2) is 10.4 Å². The summed E-state index contributed by atoms with van der Waals surface area (Å²) < 4.78 is 13.3. The highest BCUT2D eigenvalue weighted by atomic mass is 35.5. The van der Waals surface area contributed by atoms with Crippen LogP contribution in [-0.2, 0) is 11.0 Å². The van der Waals surface area contributed by atoms with E-state index in [2.05, 4.69) is 6.92 Å². The summed E-state index contributed by atoms with van der Waals surface area (Å²) in [7, 11) is -1.12. The molecule has 1 aliphatic heterocycles. The molecule has 0 saturated carbocycles. The summed E-state index contributed by atoms with van der Waals surface area (Å²) in [5.74, 6) is 0. The quantitative estimate of drug-likeness (QED) is 0.393. The van der Waals surface area contributed by atoms with Gasteiger partial charge >= 0.3 is 0 Å². The Morgan fingerprint density at radius 2 is 1.94 bits per heavy atom. The van der Waals surface area contributed by atoms with Gasteiger partial charge in [0.25, 0.3) is 0 Å². The maximum absolute atomic E-state index is 11.6. The normalized spacial score (nSPS) is 26.1. The summed E-state index contributed by atoms with van der Waals surface area (Å²) in [6, 6.07) is 0. The fourth-order valence-electron chi connectivity index (χ4n) is 1.70. The van der Waals surface area contributed by atoms with Gasteiger partial charge in [0, 0.05) is 12.0 Å². The maximum atomic E-state index is 11.6. The molecule has 16 heavy (non-hydrogen) atoms. The summed E-state index contributed by atoms with van der Waals surface area (Å²) in [5, 5.41) is 2.02. The van der Waals surface area contributed by atoms with E-state index in [4.69, 9.17) is 23.2 Å². The Balaban J connectivity index is 2.12. The van der Waals surface area contributed by atoms with Crippen LogP contribution in [0.3, 0.4) is 0 Å². The van der Waals surface area contributed by atoms with Crippen LogP contribution >= 0.6 is 23.2 Å². The van der Waals surface area contributed by atoms with Crippen molar-refractivity contribution in [3.05, 3.63) is 10.4 Å². The number of unbranched alkanes of at least 4 members (excludes halogenated alkanes) is 5. The van der Waals surface area contributed by atoms with Gasteiger partial charge in [-0.05, 0) is 6.42 Å². The van der Waals surface area contributed by atoms with Gasteiger partial charge in [-0.15, -0.1) is 0 Å². The molecule has 1 aliphatic rings. The standard InChI is InChI=1S/C11H19Cl2NOS/c1-2-3-4-5-6-7-8-14-11(13)10(12)9-16(14)15/h9,11H,2-8H2,1H3. The Labute approximate surface area is 111 Å². The van der Waals surface area contributed by atoms with Crippen molar-refractivity contribution in [2.45, 2.75) is 50.9 Å². The molecule has 2 unspecified atom stereocenters. The molecule has 0 aromatic heterocycles. The SMILES string of the molecule is CCCCCCCCN1C(Cl)C(Cl)=CS1=O. The third kappa shape index (κ3) is 4.36. The maximum Gasteiger partial charge on any atom is 0.133 e. The van der Waals surface area contributed by atoms with Crippen LogP contribution in [-0.4, -0.2) is 20.6 Å². The summed E-state index contributed by atoms with van der Waals surface area (Å²) in [4.78, 5) is 0. The first-order chi connectivity index (χ1) is 7.66. The van der Waals surface area contributed by atoms with Crippen LogP contribution in [0.2, 0.25) is 0 Å². The average Bonchev–Trinajstić information content (AvgIpc) is 2.49. The molecule has 0 amide bonds. The van der Waals surface area contributed by atoms with Crippen molar-refractivity contribution in [1.29, 1.82) is 0 Å². The van der Waals surface area contributed by atoms with E-state index in [1.54, 1.807) is 4.31 Å². The van der Waals surface area contributed by atoms with Gasteiger partial charge in [-0.2, -0.15) is 4.31 Å². The van der Waals surface area contributed by atoms with Crippen LogP contribution in [0.25, 0.3) is 0 Å². The Morgan fingerprint density at radius 3 is 2.50 bits per heavy atom. The molecular formula is C11H19Cl2NOS. The second-order valence-corrected chi connectivity index (χ2v) is 6.13. The molecule has 0 spiro atoms. The van der Waals surface area contributed by atoms with Crippen molar-refractivity contribution < 1.29 is 4.21 Å². The van der Waals surface area contributed by atoms with E-state index in [0.717, 1.165) is 13.0 Å². The predicted octanol–water partition coefficient (Wildman–Crippen LogP) is 3.97. The molecule has 5 heteroatoms. The Hall–Kier alpha value is 0.430. The van der Waals surface area contributed by atoms with Crippen LogP contribution in [0, 0.1) is 0 Å². The van der Waals surface area contributed by atoms with Gasteiger partial charge in [-0.1, -0.05) is 62.2 Å². The van der Waals surface area contributed by atoms with Crippen LogP contribution in [0.5, 0.6) is 0 Å². The van der Waals surface area contributed by atoms with E-state index < -0.39 is 16.5 Å². The number of rotatable bonds is 7. The van der Waals surface area contributed by atoms with Crippen molar-refractivity contribution in [3.8, 4) is 0 Å². The largest absolute Gasteiger partial charge is 0.238 e. The second kappa shape index (κ2) is 7.70. The number of hydrogen-bond donors (Lipinski definition) is 0. The topological polar surface area (TPSA) is 20.3 Å². The first kappa shape index (κ1) is 14.5. The zero-order valence-corrected chi connectivity index (χ0v) is 12.0. The summed E-state index contributed by atoms with van der Waals surface area (Å²) in [6.07, 6.45) is 7.33. The summed E-state index contributed by atoms with van der Waals surface area (Å²) >= 11 is 11.8. The van der Waals surface area contributed by atoms with E-state index in [-0.39, 0.29) is 0 Å². The number of halogens is 2. The third-order valence-corrected chi connectivity index (χ3v) is 5.11. The molecule has 1 heterocycles. The van der Waals surface area contributed by atoms with Gasteiger partial charge in [0.1, 0.15) is 16.5 Å². The lowest BCUT2D eigenvalue weighted by Crippen LogP contribution is -2.28. The van der Waals surface area contributed by atoms with Gasteiger partial charge in [0.2, 0.25) is 0 Å². The van der Waals surface area contributed by atoms with E-state index in [9.17, 15) is 4.21 Å². The van der Waals surface area contributed by atoms with Crippen molar-refractivity contribution in [2.75, 3.05) is 6.54 Å². The molecule has 0 radical (unpaired) electrons. The summed E-state index contributed by atoms with van der Waals surface area (Å²) in [5.41, 5.74) is -0.391. The summed E-state index contributed by atoms with van der Waals surface area (Å²) in [6.45, 7) is 2.97. The molecule has 0 saturated heterocycles. The highest BCUT2D eigenvalue weighted by Gasteiger charge is 2.29. The molecule has 0 bridgehead atoms. The van der Waals surface area contributed by atoms with Crippen LogP contribution < -0.4 is 0 Å². The smallest absolute Gasteiger partial charge is 0.133 e. The van der Waals surface area contributed by atoms with Crippen LogP contribution in [0.4, 0.5) is 0 Å². The van der Waals surface area contributed by atoms with Crippen molar-refractivity contribution in [3.63, 3.8) is 0 Å². The first-order valence-corrected chi connectivity index (χ1v) is 7.84. The molecule has 94 valence electrons. The third-order valence-electron chi connectivity index (χ3n) is 2.66. The van der Waals surface area contributed by atoms with Gasteiger partial charge in [-0.3, -0.25) is 0 Å². The fourth-order valence-corrected chi connectivity index (χ4v) is 3.64. The Bertz CT molecular complexity index is 271. The highest BCUT2D eigenvalue weighted by molar-refractivity contribution is 7.86. The minimum absolute atomic E-state index is 0.391. The lowest BCUT2D eigenvalue weighted by molar-refractivity contribution is 0.440. The van der Waals surface area contributed by atoms with E-state index >= 15 is 0 Å². The number of nitrogens with zero attached hydrogens (tertiary/aromatic N) is 1. The fraction of sp³-hybridized carbons (Fsp3) is 0.818. The van der Waals surface area contributed by atoms with Crippen molar-refractivity contribution in [2.24, 2.45) is 0 Å². The lowest BCUT2D eigenvalue weighted by Gasteiger charge is -2.17. The average molecular weight is 284 g/mol. The zero-order chi connectivity index (χ0) is 12.0. The minimum Gasteiger partial charge on any atom is -0.238 e. The lowest BCUT2D eigenvalue weighted by atomic mass is 10.1. The number of alkyl halides is 1. The molecule has 1 rings (SSSR count). The molecule has 0 aliphatic carbocycles. The van der Waals surface area contributed by atoms with Crippen molar-refractivity contribution >= 4 is 34.2 Å². The molecule has 0 aromatic rings. The molecule has 0 aromatic carbocycles. The predicted molar refractivity (Wildman–Crippen MR) is 71.8 cm³/mol. The molecule has 0 N–H and O–H groups in total. The van der Waals surface area contributed by atoms with E-state index in [1.165, 1.54) is 37.5 Å². The minimum atomic E-state index is -1.12. The first-order valence-electron chi connectivity index (χ1n) is 5.85. The van der Waals surface area contributed by atoms with E-state index in [0.29, 0.717) is 5.03 Å². The second-order valence-electron chi connectivity index (χ2n) is 4.02. The Morgan fingerprint density at radius 1 is 1.31 bits per heavy atom. The molecule has 2 nitrogen and oxygen atoms in total. The van der Waals surface area contributed by atoms with Gasteiger partial charge in [0.15, 0.2) is 0 Å². The zero-order valence-electron chi connectivity index (χ0n) is 9.62.